The largest absolute Gasteiger partial charge is 0.355 e. The summed E-state index contributed by atoms with van der Waals surface area (Å²) >= 11 is 5.96. The highest BCUT2D eigenvalue weighted by Crippen LogP contribution is 2.18. The Morgan fingerprint density at radius 3 is 2.17 bits per heavy atom. The van der Waals surface area contributed by atoms with Gasteiger partial charge in [0.05, 0.1) is 0 Å². The third kappa shape index (κ3) is 3.44. The SMILES string of the molecule is CCNC(=O)C(Cl)C(CC)CC. The van der Waals surface area contributed by atoms with Gasteiger partial charge in [-0.25, -0.2) is 0 Å². The summed E-state index contributed by atoms with van der Waals surface area (Å²) in [6, 6.07) is 0. The van der Waals surface area contributed by atoms with Crippen molar-refractivity contribution in [3.05, 3.63) is 0 Å². The summed E-state index contributed by atoms with van der Waals surface area (Å²) in [6.45, 7) is 6.67. The normalized spacial score (nSPS) is 13.1. The van der Waals surface area contributed by atoms with E-state index in [1.165, 1.54) is 0 Å². The fourth-order valence-electron chi connectivity index (χ4n) is 1.19. The lowest BCUT2D eigenvalue weighted by atomic mass is 9.98. The highest BCUT2D eigenvalue weighted by Gasteiger charge is 2.22. The van der Waals surface area contributed by atoms with E-state index in [0.29, 0.717) is 12.5 Å². The summed E-state index contributed by atoms with van der Waals surface area (Å²) in [6.07, 6.45) is 1.92. The van der Waals surface area contributed by atoms with Crippen molar-refractivity contribution in [1.82, 2.24) is 5.32 Å². The topological polar surface area (TPSA) is 29.1 Å². The smallest absolute Gasteiger partial charge is 0.238 e. The first kappa shape index (κ1) is 11.8. The minimum Gasteiger partial charge on any atom is -0.355 e. The fourth-order valence-corrected chi connectivity index (χ4v) is 1.62. The molecule has 1 N–H and O–H groups in total. The summed E-state index contributed by atoms with van der Waals surface area (Å²) in [5.41, 5.74) is 0. The van der Waals surface area contributed by atoms with Crippen molar-refractivity contribution in [2.75, 3.05) is 6.54 Å². The first-order valence-corrected chi connectivity index (χ1v) is 5.02. The molecule has 0 aliphatic rings. The van der Waals surface area contributed by atoms with Crippen LogP contribution in [0.25, 0.3) is 0 Å². The van der Waals surface area contributed by atoms with Gasteiger partial charge in [0, 0.05) is 6.54 Å². The van der Waals surface area contributed by atoms with Gasteiger partial charge in [-0.05, 0) is 12.8 Å². The van der Waals surface area contributed by atoms with Crippen molar-refractivity contribution >= 4 is 17.5 Å². The van der Waals surface area contributed by atoms with Crippen molar-refractivity contribution in [3.8, 4) is 0 Å². The average Bonchev–Trinajstić information content (AvgIpc) is 2.07. The number of halogens is 1. The second kappa shape index (κ2) is 6.30. The van der Waals surface area contributed by atoms with E-state index in [9.17, 15) is 4.79 Å². The van der Waals surface area contributed by atoms with E-state index in [0.717, 1.165) is 12.8 Å². The van der Waals surface area contributed by atoms with Gasteiger partial charge in [0.2, 0.25) is 5.91 Å². The molecule has 0 saturated heterocycles. The van der Waals surface area contributed by atoms with E-state index in [1.54, 1.807) is 0 Å². The summed E-state index contributed by atoms with van der Waals surface area (Å²) < 4.78 is 0. The summed E-state index contributed by atoms with van der Waals surface area (Å²) in [7, 11) is 0. The van der Waals surface area contributed by atoms with Gasteiger partial charge in [0.15, 0.2) is 0 Å². The molecule has 0 bridgehead atoms. The minimum atomic E-state index is -0.361. The molecule has 0 aromatic rings. The van der Waals surface area contributed by atoms with Crippen molar-refractivity contribution in [1.29, 1.82) is 0 Å². The molecule has 2 nitrogen and oxygen atoms in total. The maximum absolute atomic E-state index is 11.3. The summed E-state index contributed by atoms with van der Waals surface area (Å²) in [5, 5.41) is 2.36. The predicted octanol–water partition coefficient (Wildman–Crippen LogP) is 2.17. The number of carbonyl (C=O) groups is 1. The van der Waals surface area contributed by atoms with Crippen LogP contribution >= 0.6 is 11.6 Å². The lowest BCUT2D eigenvalue weighted by Gasteiger charge is -2.17. The van der Waals surface area contributed by atoms with E-state index in [1.807, 2.05) is 6.92 Å². The number of alkyl halides is 1. The van der Waals surface area contributed by atoms with Crippen LogP contribution in [0.15, 0.2) is 0 Å². The van der Waals surface area contributed by atoms with Crippen LogP contribution in [0.3, 0.4) is 0 Å². The molecule has 3 heteroatoms. The molecule has 72 valence electrons. The van der Waals surface area contributed by atoms with Crippen molar-refractivity contribution in [2.24, 2.45) is 5.92 Å². The quantitative estimate of drug-likeness (QED) is 0.664. The van der Waals surface area contributed by atoms with Crippen LogP contribution in [0.2, 0.25) is 0 Å². The van der Waals surface area contributed by atoms with Crippen LogP contribution in [0.5, 0.6) is 0 Å². The number of hydrogen-bond acceptors (Lipinski definition) is 1. The highest BCUT2D eigenvalue weighted by molar-refractivity contribution is 6.30. The molecular formula is C9H18ClNO. The monoisotopic (exact) mass is 191 g/mol. The van der Waals surface area contributed by atoms with Gasteiger partial charge in [-0.3, -0.25) is 4.79 Å². The van der Waals surface area contributed by atoms with Crippen LogP contribution in [-0.2, 0) is 4.79 Å². The molecule has 0 rings (SSSR count). The number of rotatable bonds is 5. The molecule has 12 heavy (non-hydrogen) atoms. The van der Waals surface area contributed by atoms with Gasteiger partial charge in [-0.2, -0.15) is 0 Å². The van der Waals surface area contributed by atoms with Crippen LogP contribution in [0.4, 0.5) is 0 Å². The van der Waals surface area contributed by atoms with E-state index >= 15 is 0 Å². The molecule has 0 saturated carbocycles. The Labute approximate surface area is 79.7 Å². The molecule has 1 unspecified atom stereocenters. The van der Waals surface area contributed by atoms with Crippen LogP contribution in [0, 0.1) is 5.92 Å². The summed E-state index contributed by atoms with van der Waals surface area (Å²) in [4.78, 5) is 11.3. The Balaban J connectivity index is 3.96. The fraction of sp³-hybridized carbons (Fsp3) is 0.889. The van der Waals surface area contributed by atoms with Crippen LogP contribution in [-0.4, -0.2) is 17.8 Å². The molecule has 1 atom stereocenters. The van der Waals surface area contributed by atoms with Gasteiger partial charge in [-0.15, -0.1) is 11.6 Å². The second-order valence-corrected chi connectivity index (χ2v) is 3.34. The van der Waals surface area contributed by atoms with Gasteiger partial charge < -0.3 is 5.32 Å². The van der Waals surface area contributed by atoms with Gasteiger partial charge in [-0.1, -0.05) is 26.7 Å². The van der Waals surface area contributed by atoms with E-state index in [4.69, 9.17) is 11.6 Å². The number of hydrogen-bond donors (Lipinski definition) is 1. The average molecular weight is 192 g/mol. The Morgan fingerprint density at radius 1 is 1.33 bits per heavy atom. The zero-order valence-electron chi connectivity index (χ0n) is 8.06. The van der Waals surface area contributed by atoms with Crippen molar-refractivity contribution in [3.63, 3.8) is 0 Å². The molecule has 1 amide bonds. The zero-order chi connectivity index (χ0) is 9.56. The maximum atomic E-state index is 11.3. The van der Waals surface area contributed by atoms with Crippen LogP contribution in [0.1, 0.15) is 33.6 Å². The number of amides is 1. The van der Waals surface area contributed by atoms with Gasteiger partial charge in [0.1, 0.15) is 5.38 Å². The van der Waals surface area contributed by atoms with E-state index < -0.39 is 0 Å². The highest BCUT2D eigenvalue weighted by atomic mass is 35.5. The molecule has 0 aromatic carbocycles. The van der Waals surface area contributed by atoms with Crippen LogP contribution < -0.4 is 5.32 Å². The van der Waals surface area contributed by atoms with E-state index in [2.05, 4.69) is 19.2 Å². The second-order valence-electron chi connectivity index (χ2n) is 2.87. The maximum Gasteiger partial charge on any atom is 0.238 e. The summed E-state index contributed by atoms with van der Waals surface area (Å²) in [5.74, 6) is 0.270. The Morgan fingerprint density at radius 2 is 1.83 bits per heavy atom. The lowest BCUT2D eigenvalue weighted by Crippen LogP contribution is -2.35. The molecule has 0 aliphatic heterocycles. The molecule has 0 radical (unpaired) electrons. The Bertz CT molecular complexity index is 134. The molecule has 0 aromatic heterocycles. The third-order valence-corrected chi connectivity index (χ3v) is 2.62. The molecule has 0 spiro atoms. The molecule has 0 fully saturated rings. The minimum absolute atomic E-state index is 0.0344. The van der Waals surface area contributed by atoms with Crippen molar-refractivity contribution < 1.29 is 4.79 Å². The van der Waals surface area contributed by atoms with Gasteiger partial charge >= 0.3 is 0 Å². The first-order chi connectivity index (χ1) is 5.67. The first-order valence-electron chi connectivity index (χ1n) is 4.59. The van der Waals surface area contributed by atoms with E-state index in [-0.39, 0.29) is 11.3 Å². The number of nitrogens with one attached hydrogen (secondary N) is 1. The Hall–Kier alpha value is -0.240. The molecule has 0 heterocycles. The van der Waals surface area contributed by atoms with Gasteiger partial charge in [0.25, 0.3) is 0 Å². The Kier molecular flexibility index (Phi) is 6.17. The zero-order valence-corrected chi connectivity index (χ0v) is 8.82. The molecule has 0 aliphatic carbocycles. The van der Waals surface area contributed by atoms with Crippen molar-refractivity contribution in [2.45, 2.75) is 39.0 Å². The predicted molar refractivity (Wildman–Crippen MR) is 52.4 cm³/mol. The molecular weight excluding hydrogens is 174 g/mol. The lowest BCUT2D eigenvalue weighted by molar-refractivity contribution is -0.121. The third-order valence-electron chi connectivity index (χ3n) is 2.06. The standard InChI is InChI=1S/C9H18ClNO/c1-4-7(5-2)8(10)9(12)11-6-3/h7-8H,4-6H2,1-3H3,(H,11,12). The number of carbonyl (C=O) groups excluding carboxylic acids is 1.